The third-order valence-electron chi connectivity index (χ3n) is 7.22. The van der Waals surface area contributed by atoms with Gasteiger partial charge in [0.2, 0.25) is 0 Å². The van der Waals surface area contributed by atoms with Gasteiger partial charge in [-0.05, 0) is 112 Å². The third-order valence-corrected chi connectivity index (χ3v) is 7.22. The molecule has 3 aromatic rings. The van der Waals surface area contributed by atoms with Gasteiger partial charge in [-0.15, -0.1) is 0 Å². The molecule has 2 aliphatic carbocycles. The second-order valence-electron chi connectivity index (χ2n) is 10.8. The minimum absolute atomic E-state index is 0.0661. The molecule has 2 aromatic carbocycles. The summed E-state index contributed by atoms with van der Waals surface area (Å²) < 4.78 is 21.0. The lowest BCUT2D eigenvalue weighted by Gasteiger charge is -2.20. The maximum Gasteiger partial charge on any atom is 0.128 e. The van der Waals surface area contributed by atoms with Gasteiger partial charge >= 0.3 is 0 Å². The fraction of sp³-hybridized carbons (Fsp3) is 0.433. The van der Waals surface area contributed by atoms with E-state index >= 15 is 4.39 Å². The number of fused-ring (bicyclic) bond motifs is 1. The van der Waals surface area contributed by atoms with E-state index < -0.39 is 5.60 Å². The van der Waals surface area contributed by atoms with Gasteiger partial charge in [-0.2, -0.15) is 0 Å². The molecule has 0 saturated heterocycles. The highest BCUT2D eigenvalue weighted by Gasteiger charge is 2.30. The summed E-state index contributed by atoms with van der Waals surface area (Å²) in [5, 5.41) is 13.5. The summed E-state index contributed by atoms with van der Waals surface area (Å²) in [7, 11) is 0. The summed E-state index contributed by atoms with van der Waals surface area (Å²) in [4.78, 5) is 4.61. The van der Waals surface area contributed by atoms with Crippen molar-refractivity contribution in [2.75, 3.05) is 11.9 Å². The van der Waals surface area contributed by atoms with Crippen LogP contribution in [0.5, 0.6) is 5.75 Å². The Morgan fingerprint density at radius 3 is 2.46 bits per heavy atom. The van der Waals surface area contributed by atoms with Crippen molar-refractivity contribution in [2.45, 2.75) is 77.4 Å². The van der Waals surface area contributed by atoms with Crippen LogP contribution in [0.25, 0.3) is 11.1 Å². The largest absolute Gasteiger partial charge is 0.493 e. The molecule has 0 amide bonds. The molecule has 2 N–H and O–H groups in total. The van der Waals surface area contributed by atoms with Crippen molar-refractivity contribution in [1.29, 1.82) is 0 Å². The molecule has 0 bridgehead atoms. The minimum atomic E-state index is -0.751. The molecule has 184 valence electrons. The molecular formula is C30H35FN2O2. The van der Waals surface area contributed by atoms with Crippen LogP contribution in [0, 0.1) is 19.7 Å². The number of hydrogen-bond acceptors (Lipinski definition) is 4. The van der Waals surface area contributed by atoms with Crippen molar-refractivity contribution in [3.05, 3.63) is 76.4 Å². The smallest absolute Gasteiger partial charge is 0.128 e. The zero-order valence-corrected chi connectivity index (χ0v) is 21.1. The van der Waals surface area contributed by atoms with E-state index in [2.05, 4.69) is 36.3 Å². The van der Waals surface area contributed by atoms with Gasteiger partial charge in [0.05, 0.1) is 30.1 Å². The molecule has 2 aliphatic rings. The Morgan fingerprint density at radius 2 is 1.83 bits per heavy atom. The Balaban J connectivity index is 1.39. The Hall–Kier alpha value is -2.92. The predicted molar refractivity (Wildman–Crippen MR) is 139 cm³/mol. The van der Waals surface area contributed by atoms with E-state index in [1.54, 1.807) is 19.9 Å². The highest BCUT2D eigenvalue weighted by Crippen LogP contribution is 2.43. The quantitative estimate of drug-likeness (QED) is 0.368. The number of rotatable bonds is 8. The van der Waals surface area contributed by atoms with Gasteiger partial charge in [-0.3, -0.25) is 4.98 Å². The number of aryl methyl sites for hydroxylation is 2. The normalized spacial score (nSPS) is 17.4. The SMILES string of the molecule is Cc1cc(OCCC(C)(C)O)cc(C)c1-c1ccc(F)c2c1CC[C@H]2Nc1ccc(C2CC2)nc1. The first-order chi connectivity index (χ1) is 16.7. The van der Waals surface area contributed by atoms with Crippen LogP contribution >= 0.6 is 0 Å². The van der Waals surface area contributed by atoms with E-state index in [1.807, 2.05) is 24.4 Å². The number of benzene rings is 2. The lowest BCUT2D eigenvalue weighted by atomic mass is 9.90. The minimum Gasteiger partial charge on any atom is -0.493 e. The standard InChI is InChI=1S/C30H35FN2O2/c1-18-15-22(35-14-13-30(3,4)34)16-19(2)28(18)23-8-10-25(31)29-24(23)9-12-27(29)33-21-7-11-26(32-17-21)20-5-6-20/h7-8,10-11,15-17,20,27,33-34H,5-6,9,12-14H2,1-4H3/t27-/m1/s1. The number of pyridine rings is 1. The molecule has 1 fully saturated rings. The van der Waals surface area contributed by atoms with Gasteiger partial charge in [0, 0.05) is 23.6 Å². The molecule has 0 spiro atoms. The fourth-order valence-corrected chi connectivity index (χ4v) is 5.26. The van der Waals surface area contributed by atoms with Crippen LogP contribution in [0.1, 0.15) is 79.4 Å². The van der Waals surface area contributed by atoms with Crippen LogP contribution in [-0.2, 0) is 6.42 Å². The van der Waals surface area contributed by atoms with Crippen LogP contribution in [0.3, 0.4) is 0 Å². The summed E-state index contributed by atoms with van der Waals surface area (Å²) in [6.07, 6.45) is 6.59. The van der Waals surface area contributed by atoms with E-state index in [1.165, 1.54) is 12.8 Å². The van der Waals surface area contributed by atoms with Gasteiger partial charge in [-0.25, -0.2) is 4.39 Å². The first kappa shape index (κ1) is 23.8. The molecule has 1 heterocycles. The van der Waals surface area contributed by atoms with Gasteiger partial charge in [-0.1, -0.05) is 6.07 Å². The topological polar surface area (TPSA) is 54.4 Å². The van der Waals surface area contributed by atoms with Gasteiger partial charge < -0.3 is 15.2 Å². The molecule has 5 heteroatoms. The zero-order valence-electron chi connectivity index (χ0n) is 21.1. The van der Waals surface area contributed by atoms with Crippen LogP contribution in [0.4, 0.5) is 10.1 Å². The van der Waals surface area contributed by atoms with E-state index in [0.29, 0.717) is 18.9 Å². The summed E-state index contributed by atoms with van der Waals surface area (Å²) in [6, 6.07) is 11.7. The maximum absolute atomic E-state index is 15.1. The molecule has 0 radical (unpaired) electrons. The van der Waals surface area contributed by atoms with E-state index in [0.717, 1.165) is 63.4 Å². The number of hydrogen-bond donors (Lipinski definition) is 2. The number of nitrogens with zero attached hydrogens (tertiary/aromatic N) is 1. The highest BCUT2D eigenvalue weighted by molar-refractivity contribution is 5.77. The first-order valence-corrected chi connectivity index (χ1v) is 12.7. The van der Waals surface area contributed by atoms with Crippen molar-refractivity contribution in [3.63, 3.8) is 0 Å². The summed E-state index contributed by atoms with van der Waals surface area (Å²) >= 11 is 0. The summed E-state index contributed by atoms with van der Waals surface area (Å²) in [6.45, 7) is 8.19. The van der Waals surface area contributed by atoms with Gasteiger partial charge in [0.1, 0.15) is 11.6 Å². The number of aromatic nitrogens is 1. The number of nitrogens with one attached hydrogen (secondary N) is 1. The first-order valence-electron chi connectivity index (χ1n) is 12.7. The lowest BCUT2D eigenvalue weighted by Crippen LogP contribution is -2.21. The van der Waals surface area contributed by atoms with Gasteiger partial charge in [0.15, 0.2) is 0 Å². The van der Waals surface area contributed by atoms with Crippen LogP contribution in [0.2, 0.25) is 0 Å². The Kier molecular flexibility index (Phi) is 6.30. The van der Waals surface area contributed by atoms with Crippen molar-refractivity contribution >= 4 is 5.69 Å². The summed E-state index contributed by atoms with van der Waals surface area (Å²) in [5.41, 5.74) is 7.68. The van der Waals surface area contributed by atoms with E-state index in [-0.39, 0.29) is 11.9 Å². The van der Waals surface area contributed by atoms with Crippen molar-refractivity contribution in [2.24, 2.45) is 0 Å². The molecule has 35 heavy (non-hydrogen) atoms. The number of halogens is 1. The molecule has 1 atom stereocenters. The Morgan fingerprint density at radius 1 is 1.09 bits per heavy atom. The van der Waals surface area contributed by atoms with Crippen LogP contribution < -0.4 is 10.1 Å². The molecule has 0 unspecified atom stereocenters. The zero-order chi connectivity index (χ0) is 24.7. The second-order valence-corrected chi connectivity index (χ2v) is 10.8. The number of anilines is 1. The Labute approximate surface area is 207 Å². The molecule has 1 saturated carbocycles. The summed E-state index contributed by atoms with van der Waals surface area (Å²) in [5.74, 6) is 1.28. The lowest BCUT2D eigenvalue weighted by molar-refractivity contribution is 0.0553. The molecular weight excluding hydrogens is 439 g/mol. The predicted octanol–water partition coefficient (Wildman–Crippen LogP) is 7.02. The number of aliphatic hydroxyl groups is 1. The average molecular weight is 475 g/mol. The maximum atomic E-state index is 15.1. The van der Waals surface area contributed by atoms with E-state index in [9.17, 15) is 5.11 Å². The second kappa shape index (κ2) is 9.27. The highest BCUT2D eigenvalue weighted by atomic mass is 19.1. The molecule has 0 aliphatic heterocycles. The fourth-order valence-electron chi connectivity index (χ4n) is 5.26. The average Bonchev–Trinajstić information content (AvgIpc) is 3.55. The number of ether oxygens (including phenoxy) is 1. The van der Waals surface area contributed by atoms with Crippen LogP contribution in [0.15, 0.2) is 42.6 Å². The van der Waals surface area contributed by atoms with Gasteiger partial charge in [0.25, 0.3) is 0 Å². The van der Waals surface area contributed by atoms with Crippen LogP contribution in [-0.4, -0.2) is 22.3 Å². The molecule has 1 aromatic heterocycles. The van der Waals surface area contributed by atoms with Crippen molar-refractivity contribution in [1.82, 2.24) is 4.98 Å². The third kappa shape index (κ3) is 5.20. The van der Waals surface area contributed by atoms with Crippen molar-refractivity contribution in [3.8, 4) is 16.9 Å². The Bertz CT molecular complexity index is 1200. The van der Waals surface area contributed by atoms with Crippen molar-refractivity contribution < 1.29 is 14.2 Å². The molecule has 5 rings (SSSR count). The monoisotopic (exact) mass is 474 g/mol. The molecule has 4 nitrogen and oxygen atoms in total. The van der Waals surface area contributed by atoms with E-state index in [4.69, 9.17) is 4.74 Å².